The molecule has 1 saturated heterocycles. The number of carbonyl (C=O) groups excluding carboxylic acids is 1. The Morgan fingerprint density at radius 3 is 2.76 bits per heavy atom. The Balaban J connectivity index is 1.60. The summed E-state index contributed by atoms with van der Waals surface area (Å²) >= 11 is 0. The van der Waals surface area contributed by atoms with E-state index < -0.39 is 0 Å². The molecular formula is C19H25NO. The average Bonchev–Trinajstić information content (AvgIpc) is 2.48. The van der Waals surface area contributed by atoms with Gasteiger partial charge in [-0.15, -0.1) is 0 Å². The van der Waals surface area contributed by atoms with Gasteiger partial charge in [-0.25, -0.2) is 0 Å². The van der Waals surface area contributed by atoms with E-state index in [0.29, 0.717) is 23.7 Å². The summed E-state index contributed by atoms with van der Waals surface area (Å²) in [6, 6.07) is 11.5. The topological polar surface area (TPSA) is 20.3 Å². The van der Waals surface area contributed by atoms with Crippen LogP contribution in [-0.4, -0.2) is 23.3 Å². The Labute approximate surface area is 127 Å². The molecule has 0 spiro atoms. The number of hydrogen-bond acceptors (Lipinski definition) is 2. The molecule has 0 radical (unpaired) electrons. The normalized spacial score (nSPS) is 39.3. The van der Waals surface area contributed by atoms with Gasteiger partial charge in [0.1, 0.15) is 5.78 Å². The summed E-state index contributed by atoms with van der Waals surface area (Å²) in [5.74, 6) is 3.08. The number of ketones is 1. The number of rotatable bonds is 2. The molecule has 1 aromatic carbocycles. The molecule has 2 nitrogen and oxygen atoms in total. The predicted molar refractivity (Wildman–Crippen MR) is 83.7 cm³/mol. The molecule has 1 aromatic rings. The Kier molecular flexibility index (Phi) is 3.37. The van der Waals surface area contributed by atoms with Crippen LogP contribution < -0.4 is 0 Å². The lowest BCUT2D eigenvalue weighted by atomic mass is 9.60. The zero-order valence-corrected chi connectivity index (χ0v) is 12.9. The second kappa shape index (κ2) is 5.24. The van der Waals surface area contributed by atoms with Crippen molar-refractivity contribution in [1.82, 2.24) is 4.90 Å². The van der Waals surface area contributed by atoms with Crippen molar-refractivity contribution < 1.29 is 4.79 Å². The summed E-state index contributed by atoms with van der Waals surface area (Å²) in [4.78, 5) is 15.0. The summed E-state index contributed by atoms with van der Waals surface area (Å²) in [7, 11) is 0. The first-order chi connectivity index (χ1) is 10.2. The third-order valence-corrected chi connectivity index (χ3v) is 6.08. The monoisotopic (exact) mass is 283 g/mol. The van der Waals surface area contributed by atoms with Crippen LogP contribution in [0.25, 0.3) is 0 Å². The standard InChI is InChI=1S/C19H25NO/c1-13-7-15-10-19(21)16-9-17(15)18(8-13)20(12-16)11-14-5-3-2-4-6-14/h2-6,13,15-18H,7-12H2,1H3/t13-,15+,16?,17-,18+/m1/s1. The number of hydrogen-bond donors (Lipinski definition) is 0. The first-order valence-corrected chi connectivity index (χ1v) is 8.51. The van der Waals surface area contributed by atoms with Crippen molar-refractivity contribution in [2.24, 2.45) is 23.7 Å². The maximum Gasteiger partial charge on any atom is 0.137 e. The van der Waals surface area contributed by atoms with Crippen molar-refractivity contribution in [3.8, 4) is 0 Å². The van der Waals surface area contributed by atoms with E-state index in [1.165, 1.54) is 24.8 Å². The Morgan fingerprint density at radius 2 is 1.95 bits per heavy atom. The number of benzene rings is 1. The van der Waals surface area contributed by atoms with E-state index in [0.717, 1.165) is 31.3 Å². The number of piperidine rings is 1. The molecule has 2 bridgehead atoms. The highest BCUT2D eigenvalue weighted by Gasteiger charge is 2.49. The lowest BCUT2D eigenvalue weighted by molar-refractivity contribution is -0.138. The first kappa shape index (κ1) is 13.5. The van der Waals surface area contributed by atoms with Crippen LogP contribution in [0.3, 0.4) is 0 Å². The molecule has 112 valence electrons. The molecule has 3 fully saturated rings. The van der Waals surface area contributed by atoms with Gasteiger partial charge < -0.3 is 0 Å². The van der Waals surface area contributed by atoms with Gasteiger partial charge in [0.15, 0.2) is 0 Å². The van der Waals surface area contributed by atoms with Gasteiger partial charge >= 0.3 is 0 Å². The summed E-state index contributed by atoms with van der Waals surface area (Å²) < 4.78 is 0. The van der Waals surface area contributed by atoms with Gasteiger partial charge in [0, 0.05) is 31.5 Å². The molecule has 0 N–H and O–H groups in total. The molecule has 5 atom stereocenters. The second-order valence-electron chi connectivity index (χ2n) is 7.59. The van der Waals surface area contributed by atoms with Crippen LogP contribution in [0, 0.1) is 23.7 Å². The lowest BCUT2D eigenvalue weighted by Gasteiger charge is -2.54. The van der Waals surface area contributed by atoms with E-state index in [-0.39, 0.29) is 0 Å². The molecule has 1 unspecified atom stereocenters. The van der Waals surface area contributed by atoms with Crippen molar-refractivity contribution in [1.29, 1.82) is 0 Å². The molecule has 2 aliphatic carbocycles. The van der Waals surface area contributed by atoms with Crippen LogP contribution in [-0.2, 0) is 11.3 Å². The highest BCUT2D eigenvalue weighted by Crippen LogP contribution is 2.48. The van der Waals surface area contributed by atoms with Gasteiger partial charge in [-0.05, 0) is 42.6 Å². The SMILES string of the molecule is C[C@@H]1C[C@H]2CC(=O)C3C[C@H]2[C@H](C1)N(Cc1ccccc1)C3. The minimum atomic E-state index is 0.319. The molecule has 0 aromatic heterocycles. The van der Waals surface area contributed by atoms with Crippen molar-refractivity contribution >= 4 is 5.78 Å². The molecule has 1 heterocycles. The van der Waals surface area contributed by atoms with Crippen LogP contribution in [0.1, 0.15) is 38.2 Å². The fraction of sp³-hybridized carbons (Fsp3) is 0.632. The number of likely N-dealkylation sites (tertiary alicyclic amines) is 1. The highest BCUT2D eigenvalue weighted by atomic mass is 16.1. The van der Waals surface area contributed by atoms with Crippen LogP contribution >= 0.6 is 0 Å². The zero-order chi connectivity index (χ0) is 14.4. The van der Waals surface area contributed by atoms with Gasteiger partial charge in [0.05, 0.1) is 0 Å². The maximum atomic E-state index is 12.4. The van der Waals surface area contributed by atoms with E-state index >= 15 is 0 Å². The van der Waals surface area contributed by atoms with Gasteiger partial charge in [0.2, 0.25) is 0 Å². The third kappa shape index (κ3) is 2.44. The van der Waals surface area contributed by atoms with Gasteiger partial charge in [-0.3, -0.25) is 9.69 Å². The summed E-state index contributed by atoms with van der Waals surface area (Å²) in [5.41, 5.74) is 1.39. The van der Waals surface area contributed by atoms with Gasteiger partial charge in [-0.1, -0.05) is 37.3 Å². The minimum absolute atomic E-state index is 0.319. The Morgan fingerprint density at radius 1 is 1.14 bits per heavy atom. The number of Topliss-reactive ketones (excluding diaryl/α,β-unsaturated/α-hetero) is 1. The van der Waals surface area contributed by atoms with E-state index in [2.05, 4.69) is 42.2 Å². The molecular weight excluding hydrogens is 258 g/mol. The Hall–Kier alpha value is -1.15. The van der Waals surface area contributed by atoms with Crippen molar-refractivity contribution in [3.05, 3.63) is 35.9 Å². The fourth-order valence-electron chi connectivity index (χ4n) is 5.17. The van der Waals surface area contributed by atoms with Crippen LogP contribution in [0.15, 0.2) is 30.3 Å². The smallest absolute Gasteiger partial charge is 0.137 e. The van der Waals surface area contributed by atoms with E-state index in [1.807, 2.05) is 0 Å². The van der Waals surface area contributed by atoms with Gasteiger partial charge in [0.25, 0.3) is 0 Å². The molecule has 21 heavy (non-hydrogen) atoms. The summed E-state index contributed by atoms with van der Waals surface area (Å²) in [6.45, 7) is 4.39. The largest absolute Gasteiger partial charge is 0.299 e. The van der Waals surface area contributed by atoms with E-state index in [9.17, 15) is 4.79 Å². The molecule has 2 saturated carbocycles. The number of carbonyl (C=O) groups is 1. The number of nitrogens with zero attached hydrogens (tertiary/aromatic N) is 1. The van der Waals surface area contributed by atoms with Crippen molar-refractivity contribution in [3.63, 3.8) is 0 Å². The van der Waals surface area contributed by atoms with Crippen LogP contribution in [0.5, 0.6) is 0 Å². The van der Waals surface area contributed by atoms with Crippen LogP contribution in [0.4, 0.5) is 0 Å². The average molecular weight is 283 g/mol. The molecule has 1 aliphatic heterocycles. The van der Waals surface area contributed by atoms with Crippen molar-refractivity contribution in [2.75, 3.05) is 6.54 Å². The molecule has 0 amide bonds. The minimum Gasteiger partial charge on any atom is -0.299 e. The van der Waals surface area contributed by atoms with E-state index in [1.54, 1.807) is 0 Å². The molecule has 3 aliphatic rings. The Bertz CT molecular complexity index is 526. The highest BCUT2D eigenvalue weighted by molar-refractivity contribution is 5.82. The lowest BCUT2D eigenvalue weighted by Crippen LogP contribution is -2.57. The second-order valence-corrected chi connectivity index (χ2v) is 7.59. The first-order valence-electron chi connectivity index (χ1n) is 8.51. The maximum absolute atomic E-state index is 12.4. The molecule has 2 heteroatoms. The van der Waals surface area contributed by atoms with Crippen molar-refractivity contribution in [2.45, 2.75) is 45.2 Å². The summed E-state index contributed by atoms with van der Waals surface area (Å²) in [5, 5.41) is 0. The van der Waals surface area contributed by atoms with Crippen LogP contribution in [0.2, 0.25) is 0 Å². The predicted octanol–water partition coefficient (Wildman–Crippen LogP) is 3.51. The van der Waals surface area contributed by atoms with Gasteiger partial charge in [-0.2, -0.15) is 0 Å². The quantitative estimate of drug-likeness (QED) is 0.828. The fourth-order valence-corrected chi connectivity index (χ4v) is 5.17. The zero-order valence-electron chi connectivity index (χ0n) is 12.9. The molecule has 4 rings (SSSR count). The summed E-state index contributed by atoms with van der Waals surface area (Å²) in [6.07, 6.45) is 4.65. The third-order valence-electron chi connectivity index (χ3n) is 6.08. The number of fused-ring (bicyclic) bond motifs is 1. The van der Waals surface area contributed by atoms with E-state index in [4.69, 9.17) is 0 Å².